The Morgan fingerprint density at radius 1 is 1.09 bits per heavy atom. The number of amides is 1. The molecule has 0 spiro atoms. The molecule has 3 nitrogen and oxygen atoms in total. The Morgan fingerprint density at radius 2 is 1.87 bits per heavy atom. The molecule has 0 radical (unpaired) electrons. The van der Waals surface area contributed by atoms with Gasteiger partial charge in [-0.1, -0.05) is 30.3 Å². The molecule has 1 aliphatic heterocycles. The largest absolute Gasteiger partial charge is 0.506 e. The molecule has 1 heterocycles. The van der Waals surface area contributed by atoms with Gasteiger partial charge in [0.15, 0.2) is 0 Å². The summed E-state index contributed by atoms with van der Waals surface area (Å²) < 4.78 is 13.5. The molecule has 4 heteroatoms. The van der Waals surface area contributed by atoms with Crippen LogP contribution in [0.25, 0.3) is 10.8 Å². The molecule has 0 fully saturated rings. The monoisotopic (exact) mass is 307 g/mol. The van der Waals surface area contributed by atoms with Crippen molar-refractivity contribution < 1.29 is 14.3 Å². The molecule has 1 unspecified atom stereocenters. The van der Waals surface area contributed by atoms with Crippen molar-refractivity contribution in [1.29, 1.82) is 0 Å². The molecule has 1 aliphatic rings. The van der Waals surface area contributed by atoms with Gasteiger partial charge in [-0.25, -0.2) is 4.39 Å². The number of phenolic OH excluding ortho intramolecular Hbond substituents is 1. The molecule has 3 aromatic rings. The number of nitrogens with zero attached hydrogens (tertiary/aromatic N) is 1. The molecule has 23 heavy (non-hydrogen) atoms. The van der Waals surface area contributed by atoms with E-state index < -0.39 is 5.92 Å². The predicted molar refractivity (Wildman–Crippen MR) is 87.6 cm³/mol. The summed E-state index contributed by atoms with van der Waals surface area (Å²) in [6, 6.07) is 15.3. The van der Waals surface area contributed by atoms with Crippen molar-refractivity contribution in [3.05, 3.63) is 66.0 Å². The Bertz CT molecular complexity index is 951. The Kier molecular flexibility index (Phi) is 2.88. The predicted octanol–water partition coefficient (Wildman–Crippen LogP) is 4.47. The molecule has 4 rings (SSSR count). The van der Waals surface area contributed by atoms with Crippen molar-refractivity contribution in [2.24, 2.45) is 0 Å². The van der Waals surface area contributed by atoms with E-state index in [1.807, 2.05) is 30.3 Å². The second kappa shape index (κ2) is 4.81. The zero-order valence-corrected chi connectivity index (χ0v) is 12.5. The molecule has 1 atom stereocenters. The van der Waals surface area contributed by atoms with Crippen LogP contribution in [0.1, 0.15) is 18.4 Å². The minimum absolute atomic E-state index is 0.0291. The normalized spacial score (nSPS) is 16.9. The Labute approximate surface area is 132 Å². The molecule has 1 amide bonds. The fourth-order valence-electron chi connectivity index (χ4n) is 3.23. The van der Waals surface area contributed by atoms with Gasteiger partial charge in [-0.15, -0.1) is 0 Å². The van der Waals surface area contributed by atoms with E-state index in [4.69, 9.17) is 0 Å². The third kappa shape index (κ3) is 1.91. The van der Waals surface area contributed by atoms with Crippen LogP contribution in [0, 0.1) is 5.82 Å². The highest BCUT2D eigenvalue weighted by atomic mass is 19.1. The zero-order valence-electron chi connectivity index (χ0n) is 12.5. The highest BCUT2D eigenvalue weighted by Crippen LogP contribution is 2.47. The van der Waals surface area contributed by atoms with Gasteiger partial charge in [-0.05, 0) is 42.1 Å². The summed E-state index contributed by atoms with van der Waals surface area (Å²) in [6.07, 6.45) is 0. The molecule has 114 valence electrons. The second-order valence-electron chi connectivity index (χ2n) is 5.75. The van der Waals surface area contributed by atoms with E-state index in [0.29, 0.717) is 16.9 Å². The average molecular weight is 307 g/mol. The summed E-state index contributed by atoms with van der Waals surface area (Å²) in [5.41, 5.74) is 1.71. The van der Waals surface area contributed by atoms with Gasteiger partial charge in [-0.2, -0.15) is 0 Å². The van der Waals surface area contributed by atoms with Crippen LogP contribution < -0.4 is 4.90 Å². The number of carbonyl (C=O) groups excluding carboxylic acids is 1. The van der Waals surface area contributed by atoms with Crippen molar-refractivity contribution in [3.8, 4) is 5.75 Å². The van der Waals surface area contributed by atoms with Crippen LogP contribution >= 0.6 is 0 Å². The van der Waals surface area contributed by atoms with Gasteiger partial charge >= 0.3 is 0 Å². The molecule has 3 aromatic carbocycles. The highest BCUT2D eigenvalue weighted by Gasteiger charge is 2.37. The maximum Gasteiger partial charge on any atom is 0.239 e. The first-order valence-electron chi connectivity index (χ1n) is 7.42. The SMILES string of the molecule is CC1C(=O)N(c2c(O)ccc3ccccc23)c2ccc(F)cc21. The maximum atomic E-state index is 13.5. The van der Waals surface area contributed by atoms with Crippen LogP contribution in [0.2, 0.25) is 0 Å². The van der Waals surface area contributed by atoms with Crippen molar-refractivity contribution in [3.63, 3.8) is 0 Å². The summed E-state index contributed by atoms with van der Waals surface area (Å²) in [5.74, 6) is -0.954. The first kappa shape index (κ1) is 13.8. The third-order valence-electron chi connectivity index (χ3n) is 4.39. The average Bonchev–Trinajstić information content (AvgIpc) is 2.79. The lowest BCUT2D eigenvalue weighted by Gasteiger charge is -2.21. The number of rotatable bonds is 1. The van der Waals surface area contributed by atoms with E-state index in [1.54, 1.807) is 19.1 Å². The third-order valence-corrected chi connectivity index (χ3v) is 4.39. The van der Waals surface area contributed by atoms with E-state index in [0.717, 1.165) is 10.8 Å². The zero-order chi connectivity index (χ0) is 16.1. The quantitative estimate of drug-likeness (QED) is 0.720. The van der Waals surface area contributed by atoms with Gasteiger partial charge in [0.25, 0.3) is 0 Å². The maximum absolute atomic E-state index is 13.5. The van der Waals surface area contributed by atoms with Crippen LogP contribution in [-0.2, 0) is 4.79 Å². The molecule has 1 N–H and O–H groups in total. The fourth-order valence-corrected chi connectivity index (χ4v) is 3.23. The number of anilines is 2. The topological polar surface area (TPSA) is 40.5 Å². The highest BCUT2D eigenvalue weighted by molar-refractivity contribution is 6.16. The van der Waals surface area contributed by atoms with Crippen molar-refractivity contribution in [2.45, 2.75) is 12.8 Å². The van der Waals surface area contributed by atoms with E-state index in [2.05, 4.69) is 0 Å². The number of phenols is 1. The Balaban J connectivity index is 2.03. The molecular formula is C19H14FNO2. The second-order valence-corrected chi connectivity index (χ2v) is 5.75. The van der Waals surface area contributed by atoms with Crippen LogP contribution in [0.4, 0.5) is 15.8 Å². The summed E-state index contributed by atoms with van der Waals surface area (Å²) in [4.78, 5) is 14.3. The van der Waals surface area contributed by atoms with Crippen LogP contribution in [0.15, 0.2) is 54.6 Å². The van der Waals surface area contributed by atoms with Crippen molar-refractivity contribution in [1.82, 2.24) is 0 Å². The van der Waals surface area contributed by atoms with Gasteiger partial charge in [0.05, 0.1) is 17.3 Å². The smallest absolute Gasteiger partial charge is 0.239 e. The summed E-state index contributed by atoms with van der Waals surface area (Å²) in [6.45, 7) is 1.75. The number of fused-ring (bicyclic) bond motifs is 2. The number of carbonyl (C=O) groups is 1. The first-order valence-corrected chi connectivity index (χ1v) is 7.42. The van der Waals surface area contributed by atoms with E-state index in [1.165, 1.54) is 17.0 Å². The molecular weight excluding hydrogens is 293 g/mol. The molecule has 0 aromatic heterocycles. The lowest BCUT2D eigenvalue weighted by Crippen LogP contribution is -2.23. The minimum Gasteiger partial charge on any atom is -0.506 e. The van der Waals surface area contributed by atoms with E-state index in [9.17, 15) is 14.3 Å². The van der Waals surface area contributed by atoms with Crippen LogP contribution in [-0.4, -0.2) is 11.0 Å². The standard InChI is InChI=1S/C19H14FNO2/c1-11-15-10-13(20)7-8-16(15)21(19(11)23)18-14-5-3-2-4-12(14)6-9-17(18)22/h2-11,22H,1H3. The minimum atomic E-state index is -0.445. The van der Waals surface area contributed by atoms with Gasteiger partial charge < -0.3 is 5.11 Å². The van der Waals surface area contributed by atoms with Crippen molar-refractivity contribution in [2.75, 3.05) is 4.90 Å². The summed E-state index contributed by atoms with van der Waals surface area (Å²) >= 11 is 0. The van der Waals surface area contributed by atoms with E-state index >= 15 is 0 Å². The molecule has 0 bridgehead atoms. The van der Waals surface area contributed by atoms with Crippen molar-refractivity contribution >= 4 is 28.1 Å². The number of halogens is 1. The lowest BCUT2D eigenvalue weighted by molar-refractivity contribution is -0.118. The lowest BCUT2D eigenvalue weighted by atomic mass is 10.0. The number of hydrogen-bond donors (Lipinski definition) is 1. The number of aromatic hydroxyl groups is 1. The van der Waals surface area contributed by atoms with Gasteiger partial charge in [0.2, 0.25) is 5.91 Å². The van der Waals surface area contributed by atoms with Gasteiger partial charge in [-0.3, -0.25) is 9.69 Å². The molecule has 0 aliphatic carbocycles. The first-order chi connectivity index (χ1) is 11.1. The van der Waals surface area contributed by atoms with Gasteiger partial charge in [0, 0.05) is 5.39 Å². The number of hydrogen-bond acceptors (Lipinski definition) is 2. The molecule has 0 saturated heterocycles. The van der Waals surface area contributed by atoms with Crippen LogP contribution in [0.3, 0.4) is 0 Å². The summed E-state index contributed by atoms with van der Waals surface area (Å²) in [7, 11) is 0. The Morgan fingerprint density at radius 3 is 2.70 bits per heavy atom. The fraction of sp³-hybridized carbons (Fsp3) is 0.105. The number of benzene rings is 3. The van der Waals surface area contributed by atoms with Gasteiger partial charge in [0.1, 0.15) is 11.6 Å². The van der Waals surface area contributed by atoms with E-state index in [-0.39, 0.29) is 17.5 Å². The Hall–Kier alpha value is -2.88. The van der Waals surface area contributed by atoms with Crippen LogP contribution in [0.5, 0.6) is 5.75 Å². The molecule has 0 saturated carbocycles. The summed E-state index contributed by atoms with van der Waals surface area (Å²) in [5, 5.41) is 12.1.